The summed E-state index contributed by atoms with van der Waals surface area (Å²) in [5.74, 6) is 0.410. The molecule has 1 aliphatic heterocycles. The molecule has 2 aromatic carbocycles. The zero-order chi connectivity index (χ0) is 20.9. The normalized spacial score (nSPS) is 14.7. The summed E-state index contributed by atoms with van der Waals surface area (Å²) < 4.78 is 18.6. The van der Waals surface area contributed by atoms with E-state index in [-0.39, 0.29) is 11.7 Å². The van der Waals surface area contributed by atoms with E-state index < -0.39 is 0 Å². The number of hydrogen-bond donors (Lipinski definition) is 0. The number of nitrogens with zero attached hydrogens (tertiary/aromatic N) is 2. The van der Waals surface area contributed by atoms with Crippen LogP contribution in [0.5, 0.6) is 5.75 Å². The number of amides is 1. The summed E-state index contributed by atoms with van der Waals surface area (Å²) in [6.07, 6.45) is 0. The molecule has 1 saturated heterocycles. The van der Waals surface area contributed by atoms with E-state index in [9.17, 15) is 9.18 Å². The lowest BCUT2D eigenvalue weighted by Crippen LogP contribution is -2.48. The van der Waals surface area contributed by atoms with Crippen LogP contribution in [-0.2, 0) is 13.2 Å². The lowest BCUT2D eigenvalue weighted by atomic mass is 10.1. The van der Waals surface area contributed by atoms with Crippen LogP contribution in [0.2, 0.25) is 0 Å². The maximum atomic E-state index is 13.0. The molecule has 0 atom stereocenters. The molecule has 0 saturated carbocycles. The van der Waals surface area contributed by atoms with Gasteiger partial charge in [0.25, 0.3) is 5.91 Å². The molecular weight excluding hydrogens is 399 g/mol. The molecule has 6 heteroatoms. The van der Waals surface area contributed by atoms with Crippen molar-refractivity contribution in [2.45, 2.75) is 20.1 Å². The Balaban J connectivity index is 1.27. The predicted octanol–water partition coefficient (Wildman–Crippen LogP) is 4.73. The third-order valence-corrected chi connectivity index (χ3v) is 6.20. The van der Waals surface area contributed by atoms with Gasteiger partial charge in [-0.25, -0.2) is 4.39 Å². The van der Waals surface area contributed by atoms with Gasteiger partial charge in [-0.05, 0) is 48.2 Å². The van der Waals surface area contributed by atoms with Crippen LogP contribution >= 0.6 is 11.3 Å². The quantitative estimate of drug-likeness (QED) is 0.573. The highest BCUT2D eigenvalue weighted by Crippen LogP contribution is 2.21. The van der Waals surface area contributed by atoms with E-state index in [1.54, 1.807) is 12.1 Å². The van der Waals surface area contributed by atoms with E-state index in [0.29, 0.717) is 12.4 Å². The molecular formula is C24H25FN2O2S. The Labute approximate surface area is 180 Å². The van der Waals surface area contributed by atoms with Crippen LogP contribution < -0.4 is 4.74 Å². The molecule has 2 heterocycles. The van der Waals surface area contributed by atoms with Gasteiger partial charge in [-0.15, -0.1) is 11.3 Å². The molecule has 156 valence electrons. The van der Waals surface area contributed by atoms with Gasteiger partial charge in [-0.3, -0.25) is 9.69 Å². The fraction of sp³-hybridized carbons (Fsp3) is 0.292. The third-order valence-electron chi connectivity index (χ3n) is 5.23. The second-order valence-corrected chi connectivity index (χ2v) is 8.53. The van der Waals surface area contributed by atoms with Gasteiger partial charge in [0.05, 0.1) is 4.88 Å². The van der Waals surface area contributed by atoms with E-state index >= 15 is 0 Å². The Bertz CT molecular complexity index is 994. The van der Waals surface area contributed by atoms with Crippen LogP contribution in [0, 0.1) is 12.7 Å². The largest absolute Gasteiger partial charge is 0.489 e. The smallest absolute Gasteiger partial charge is 0.264 e. The molecule has 0 radical (unpaired) electrons. The van der Waals surface area contributed by atoms with Crippen LogP contribution in [0.1, 0.15) is 26.4 Å². The molecule has 1 aromatic heterocycles. The first-order chi connectivity index (χ1) is 14.6. The highest BCUT2D eigenvalue weighted by atomic mass is 32.1. The molecule has 4 rings (SSSR count). The number of halogens is 1. The van der Waals surface area contributed by atoms with Crippen LogP contribution in [-0.4, -0.2) is 41.9 Å². The Morgan fingerprint density at radius 1 is 1.03 bits per heavy atom. The first-order valence-electron chi connectivity index (χ1n) is 10.1. The summed E-state index contributed by atoms with van der Waals surface area (Å²) in [5.41, 5.74) is 3.54. The minimum atomic E-state index is -0.287. The molecule has 1 amide bonds. The van der Waals surface area contributed by atoms with Gasteiger partial charge in [-0.2, -0.15) is 0 Å². The van der Waals surface area contributed by atoms with Crippen molar-refractivity contribution in [1.82, 2.24) is 9.80 Å². The molecule has 0 unspecified atom stereocenters. The molecule has 0 spiro atoms. The summed E-state index contributed by atoms with van der Waals surface area (Å²) in [7, 11) is 0. The SMILES string of the molecule is Cc1cccc(CN2CCN(C(=O)c3cc(COc4ccc(F)cc4)cs3)CC2)c1. The van der Waals surface area contributed by atoms with Crippen molar-refractivity contribution in [2.75, 3.05) is 26.2 Å². The maximum absolute atomic E-state index is 13.0. The van der Waals surface area contributed by atoms with Crippen molar-refractivity contribution in [1.29, 1.82) is 0 Å². The topological polar surface area (TPSA) is 32.8 Å². The number of aryl methyl sites for hydroxylation is 1. The van der Waals surface area contributed by atoms with Gasteiger partial charge in [0.15, 0.2) is 0 Å². The van der Waals surface area contributed by atoms with E-state index in [2.05, 4.69) is 36.1 Å². The van der Waals surface area contributed by atoms with Crippen molar-refractivity contribution < 1.29 is 13.9 Å². The number of rotatable bonds is 6. The van der Waals surface area contributed by atoms with Gasteiger partial charge in [0, 0.05) is 38.3 Å². The molecule has 3 aromatic rings. The van der Waals surface area contributed by atoms with Gasteiger partial charge >= 0.3 is 0 Å². The first kappa shape index (κ1) is 20.6. The lowest BCUT2D eigenvalue weighted by Gasteiger charge is -2.34. The van der Waals surface area contributed by atoms with Gasteiger partial charge in [-0.1, -0.05) is 29.8 Å². The molecule has 0 aliphatic carbocycles. The number of thiophene rings is 1. The number of piperazine rings is 1. The van der Waals surface area contributed by atoms with Crippen molar-refractivity contribution in [2.24, 2.45) is 0 Å². The zero-order valence-corrected chi connectivity index (χ0v) is 17.8. The predicted molar refractivity (Wildman–Crippen MR) is 117 cm³/mol. The minimum Gasteiger partial charge on any atom is -0.489 e. The minimum absolute atomic E-state index is 0.0863. The fourth-order valence-electron chi connectivity index (χ4n) is 3.59. The Kier molecular flexibility index (Phi) is 6.45. The second-order valence-electron chi connectivity index (χ2n) is 7.62. The molecule has 30 heavy (non-hydrogen) atoms. The van der Waals surface area contributed by atoms with Crippen LogP contribution in [0.15, 0.2) is 60.0 Å². The molecule has 0 N–H and O–H groups in total. The first-order valence-corrected chi connectivity index (χ1v) is 11.0. The van der Waals surface area contributed by atoms with Crippen LogP contribution in [0.4, 0.5) is 4.39 Å². The summed E-state index contributed by atoms with van der Waals surface area (Å²) in [6, 6.07) is 16.4. The van der Waals surface area contributed by atoms with Gasteiger partial charge in [0.1, 0.15) is 18.2 Å². The monoisotopic (exact) mass is 424 g/mol. The fourth-order valence-corrected chi connectivity index (χ4v) is 4.46. The maximum Gasteiger partial charge on any atom is 0.264 e. The molecule has 1 aliphatic rings. The molecule has 0 bridgehead atoms. The number of carbonyl (C=O) groups is 1. The molecule has 4 nitrogen and oxygen atoms in total. The van der Waals surface area contributed by atoms with Crippen LogP contribution in [0.3, 0.4) is 0 Å². The lowest BCUT2D eigenvalue weighted by molar-refractivity contribution is 0.0633. The van der Waals surface area contributed by atoms with Crippen molar-refractivity contribution >= 4 is 17.2 Å². The summed E-state index contributed by atoms with van der Waals surface area (Å²) in [4.78, 5) is 17.9. The van der Waals surface area contributed by atoms with Gasteiger partial charge < -0.3 is 9.64 Å². The summed E-state index contributed by atoms with van der Waals surface area (Å²) in [6.45, 7) is 6.64. The second kappa shape index (κ2) is 9.41. The zero-order valence-electron chi connectivity index (χ0n) is 17.0. The number of carbonyl (C=O) groups excluding carboxylic acids is 1. The Morgan fingerprint density at radius 3 is 2.53 bits per heavy atom. The Hall–Kier alpha value is -2.70. The average Bonchev–Trinajstić information content (AvgIpc) is 3.22. The Morgan fingerprint density at radius 2 is 1.80 bits per heavy atom. The van der Waals surface area contributed by atoms with Crippen LogP contribution in [0.25, 0.3) is 0 Å². The van der Waals surface area contributed by atoms with E-state index in [1.807, 2.05) is 16.3 Å². The number of benzene rings is 2. The average molecular weight is 425 g/mol. The van der Waals surface area contributed by atoms with Crippen molar-refractivity contribution in [3.63, 3.8) is 0 Å². The van der Waals surface area contributed by atoms with Gasteiger partial charge in [0.2, 0.25) is 0 Å². The van der Waals surface area contributed by atoms with Crippen molar-refractivity contribution in [3.05, 3.63) is 87.4 Å². The van der Waals surface area contributed by atoms with Crippen molar-refractivity contribution in [3.8, 4) is 5.75 Å². The number of ether oxygens (including phenoxy) is 1. The highest BCUT2D eigenvalue weighted by Gasteiger charge is 2.23. The standard InChI is InChI=1S/C24H25FN2O2S/c1-18-3-2-4-19(13-18)15-26-9-11-27(12-10-26)24(28)23-14-20(17-30-23)16-29-22-7-5-21(25)6-8-22/h2-8,13-14,17H,9-12,15-16H2,1H3. The van der Waals surface area contributed by atoms with E-state index in [0.717, 1.165) is 43.2 Å². The van der Waals surface area contributed by atoms with E-state index in [4.69, 9.17) is 4.74 Å². The van der Waals surface area contributed by atoms with E-state index in [1.165, 1.54) is 34.6 Å². The number of hydrogen-bond acceptors (Lipinski definition) is 4. The summed E-state index contributed by atoms with van der Waals surface area (Å²) in [5, 5.41) is 1.95. The summed E-state index contributed by atoms with van der Waals surface area (Å²) >= 11 is 1.45. The third kappa shape index (κ3) is 5.26. The highest BCUT2D eigenvalue weighted by molar-refractivity contribution is 7.12. The molecule has 1 fully saturated rings.